The van der Waals surface area contributed by atoms with E-state index in [2.05, 4.69) is 4.72 Å². The van der Waals surface area contributed by atoms with Gasteiger partial charge in [-0.1, -0.05) is 36.4 Å². The Morgan fingerprint density at radius 2 is 1.64 bits per heavy atom. The van der Waals surface area contributed by atoms with Crippen LogP contribution in [0.25, 0.3) is 10.4 Å². The van der Waals surface area contributed by atoms with Crippen LogP contribution in [0.5, 0.6) is 0 Å². The number of halogens is 1. The van der Waals surface area contributed by atoms with Gasteiger partial charge in [0.05, 0.1) is 5.69 Å². The Morgan fingerprint density at radius 3 is 2.36 bits per heavy atom. The van der Waals surface area contributed by atoms with Gasteiger partial charge in [0, 0.05) is 10.4 Å². The number of benzene rings is 2. The first-order valence-electron chi connectivity index (χ1n) is 6.48. The predicted molar refractivity (Wildman–Crippen MR) is 87.0 cm³/mol. The molecule has 0 spiro atoms. The summed E-state index contributed by atoms with van der Waals surface area (Å²) in [6, 6.07) is 16.1. The van der Waals surface area contributed by atoms with Gasteiger partial charge in [-0.2, -0.15) is 0 Å². The van der Waals surface area contributed by atoms with Crippen molar-refractivity contribution in [2.45, 2.75) is 4.90 Å². The molecule has 2 aromatic carbocycles. The minimum absolute atomic E-state index is 0.365. The normalized spacial score (nSPS) is 11.3. The summed E-state index contributed by atoms with van der Waals surface area (Å²) in [5.74, 6) is -0.774. The van der Waals surface area contributed by atoms with Crippen LogP contribution in [0.2, 0.25) is 0 Å². The van der Waals surface area contributed by atoms with Crippen LogP contribution in [0.3, 0.4) is 0 Å². The molecular formula is C16H12FNO2S2. The van der Waals surface area contributed by atoms with E-state index in [4.69, 9.17) is 0 Å². The Bertz CT molecular complexity index is 890. The molecule has 1 aromatic heterocycles. The quantitative estimate of drug-likeness (QED) is 0.771. The fourth-order valence-electron chi connectivity index (χ4n) is 2.08. The lowest BCUT2D eigenvalue weighted by Crippen LogP contribution is -2.15. The molecule has 0 bridgehead atoms. The second-order valence-corrected chi connectivity index (χ2v) is 7.16. The molecule has 0 atom stereocenters. The van der Waals surface area contributed by atoms with E-state index in [1.54, 1.807) is 12.1 Å². The standard InChI is InChI=1S/C16H12FNO2S2/c17-13-7-2-4-10-16(13)22(19,20)18-14-8-3-1-6-12(14)15-9-5-11-21-15/h1-11,18H. The van der Waals surface area contributed by atoms with Gasteiger partial charge in [0.25, 0.3) is 10.0 Å². The van der Waals surface area contributed by atoms with Gasteiger partial charge in [0.2, 0.25) is 0 Å². The number of sulfonamides is 1. The van der Waals surface area contributed by atoms with Gasteiger partial charge in [0.1, 0.15) is 10.7 Å². The first kappa shape index (κ1) is 14.7. The van der Waals surface area contributed by atoms with Gasteiger partial charge in [-0.25, -0.2) is 12.8 Å². The second-order valence-electron chi connectivity index (χ2n) is 4.56. The number of rotatable bonds is 4. The molecular weight excluding hydrogens is 321 g/mol. The lowest BCUT2D eigenvalue weighted by atomic mass is 10.1. The Hall–Kier alpha value is -2.18. The summed E-state index contributed by atoms with van der Waals surface area (Å²) in [4.78, 5) is 0.572. The molecule has 3 aromatic rings. The van der Waals surface area contributed by atoms with E-state index in [9.17, 15) is 12.8 Å². The molecule has 0 aliphatic carbocycles. The van der Waals surface area contributed by atoms with Crippen LogP contribution in [0, 0.1) is 5.82 Å². The number of nitrogens with one attached hydrogen (secondary N) is 1. The van der Waals surface area contributed by atoms with Crippen molar-refractivity contribution in [2.75, 3.05) is 4.72 Å². The maximum atomic E-state index is 13.7. The van der Waals surface area contributed by atoms with Crippen molar-refractivity contribution in [1.29, 1.82) is 0 Å². The largest absolute Gasteiger partial charge is 0.279 e. The lowest BCUT2D eigenvalue weighted by molar-refractivity contribution is 0.570. The average molecular weight is 333 g/mol. The highest BCUT2D eigenvalue weighted by molar-refractivity contribution is 7.92. The number of thiophene rings is 1. The molecule has 22 heavy (non-hydrogen) atoms. The summed E-state index contributed by atoms with van der Waals surface area (Å²) >= 11 is 1.51. The number of anilines is 1. The lowest BCUT2D eigenvalue weighted by Gasteiger charge is -2.12. The van der Waals surface area contributed by atoms with Gasteiger partial charge in [0.15, 0.2) is 0 Å². The van der Waals surface area contributed by atoms with Crippen LogP contribution < -0.4 is 4.72 Å². The zero-order valence-electron chi connectivity index (χ0n) is 11.4. The molecule has 0 radical (unpaired) electrons. The van der Waals surface area contributed by atoms with Gasteiger partial charge in [-0.05, 0) is 29.6 Å². The number of hydrogen-bond donors (Lipinski definition) is 1. The van der Waals surface area contributed by atoms with Gasteiger partial charge in [-0.3, -0.25) is 4.72 Å². The van der Waals surface area contributed by atoms with Gasteiger partial charge < -0.3 is 0 Å². The van der Waals surface area contributed by atoms with Crippen molar-refractivity contribution in [2.24, 2.45) is 0 Å². The van der Waals surface area contributed by atoms with E-state index in [0.29, 0.717) is 5.69 Å². The molecule has 112 valence electrons. The predicted octanol–water partition coefficient (Wildman–Crippen LogP) is 4.36. The second kappa shape index (κ2) is 5.90. The van der Waals surface area contributed by atoms with Crippen molar-refractivity contribution in [3.63, 3.8) is 0 Å². The zero-order valence-corrected chi connectivity index (χ0v) is 13.0. The molecule has 1 N–H and O–H groups in total. The fraction of sp³-hybridized carbons (Fsp3) is 0. The average Bonchev–Trinajstić information content (AvgIpc) is 3.02. The van der Waals surface area contributed by atoms with Crippen LogP contribution in [-0.4, -0.2) is 8.42 Å². The van der Waals surface area contributed by atoms with Crippen LogP contribution in [-0.2, 0) is 10.0 Å². The summed E-state index contributed by atoms with van der Waals surface area (Å²) < 4.78 is 41.0. The van der Waals surface area contributed by atoms with E-state index < -0.39 is 15.8 Å². The first-order chi connectivity index (χ1) is 10.6. The first-order valence-corrected chi connectivity index (χ1v) is 8.84. The van der Waals surface area contributed by atoms with Crippen molar-refractivity contribution in [3.05, 3.63) is 71.9 Å². The molecule has 0 saturated heterocycles. The smallest absolute Gasteiger partial charge is 0.264 e. The van der Waals surface area contributed by atoms with E-state index in [1.165, 1.54) is 29.5 Å². The molecule has 6 heteroatoms. The molecule has 0 fully saturated rings. The maximum absolute atomic E-state index is 13.7. The third kappa shape index (κ3) is 2.88. The highest BCUT2D eigenvalue weighted by atomic mass is 32.2. The molecule has 0 amide bonds. The topological polar surface area (TPSA) is 46.2 Å². The summed E-state index contributed by atoms with van der Waals surface area (Å²) in [6.45, 7) is 0. The molecule has 3 nitrogen and oxygen atoms in total. The zero-order chi connectivity index (χ0) is 15.6. The summed E-state index contributed by atoms with van der Waals surface area (Å²) in [6.07, 6.45) is 0. The Balaban J connectivity index is 2.03. The SMILES string of the molecule is O=S(=O)(Nc1ccccc1-c1cccs1)c1ccccc1F. The Morgan fingerprint density at radius 1 is 0.909 bits per heavy atom. The van der Waals surface area contributed by atoms with E-state index in [0.717, 1.165) is 16.5 Å². The van der Waals surface area contributed by atoms with E-state index in [-0.39, 0.29) is 4.90 Å². The van der Waals surface area contributed by atoms with Crippen LogP contribution >= 0.6 is 11.3 Å². The Kier molecular flexibility index (Phi) is 3.96. The van der Waals surface area contributed by atoms with Crippen molar-refractivity contribution in [1.82, 2.24) is 0 Å². The molecule has 0 aliphatic heterocycles. The molecule has 0 saturated carbocycles. The highest BCUT2D eigenvalue weighted by Gasteiger charge is 2.20. The van der Waals surface area contributed by atoms with Crippen molar-refractivity contribution >= 4 is 27.0 Å². The highest BCUT2D eigenvalue weighted by Crippen LogP contribution is 2.32. The number of para-hydroxylation sites is 1. The summed E-state index contributed by atoms with van der Waals surface area (Å²) in [5, 5.41) is 1.91. The molecule has 0 aliphatic rings. The number of hydrogen-bond acceptors (Lipinski definition) is 3. The van der Waals surface area contributed by atoms with Crippen molar-refractivity contribution < 1.29 is 12.8 Å². The summed E-state index contributed by atoms with van der Waals surface area (Å²) in [7, 11) is -3.98. The van der Waals surface area contributed by atoms with Crippen LogP contribution in [0.1, 0.15) is 0 Å². The molecule has 1 heterocycles. The van der Waals surface area contributed by atoms with Crippen molar-refractivity contribution in [3.8, 4) is 10.4 Å². The summed E-state index contributed by atoms with van der Waals surface area (Å²) in [5.41, 5.74) is 1.19. The third-order valence-corrected chi connectivity index (χ3v) is 5.39. The van der Waals surface area contributed by atoms with E-state index >= 15 is 0 Å². The third-order valence-electron chi connectivity index (χ3n) is 3.08. The monoisotopic (exact) mass is 333 g/mol. The molecule has 0 unspecified atom stereocenters. The maximum Gasteiger partial charge on any atom is 0.264 e. The fourth-order valence-corrected chi connectivity index (χ4v) is 4.01. The van der Waals surface area contributed by atoms with Crippen LogP contribution in [0.4, 0.5) is 10.1 Å². The van der Waals surface area contributed by atoms with Crippen LogP contribution in [0.15, 0.2) is 70.9 Å². The van der Waals surface area contributed by atoms with Gasteiger partial charge >= 0.3 is 0 Å². The molecule has 3 rings (SSSR count). The Labute approximate surface area is 132 Å². The minimum Gasteiger partial charge on any atom is -0.279 e. The minimum atomic E-state index is -3.98. The van der Waals surface area contributed by atoms with E-state index in [1.807, 2.05) is 29.6 Å². The van der Waals surface area contributed by atoms with Gasteiger partial charge in [-0.15, -0.1) is 11.3 Å².